The van der Waals surface area contributed by atoms with Crippen LogP contribution in [0.25, 0.3) is 45.6 Å². The third-order valence-electron chi connectivity index (χ3n) is 12.2. The van der Waals surface area contributed by atoms with E-state index in [9.17, 15) is 18.0 Å². The van der Waals surface area contributed by atoms with Gasteiger partial charge in [-0.2, -0.15) is 13.2 Å². The molecule has 0 spiro atoms. The Morgan fingerprint density at radius 1 is 0.461 bits per heavy atom. The minimum absolute atomic E-state index is 0.0381. The largest absolute Gasteiger partial charge is 0.497 e. The second-order valence-electron chi connectivity index (χ2n) is 19.8. The summed E-state index contributed by atoms with van der Waals surface area (Å²) < 4.78 is 43.8. The number of aliphatic hydroxyl groups is 1. The highest BCUT2D eigenvalue weighted by molar-refractivity contribution is 7.12. The van der Waals surface area contributed by atoms with Gasteiger partial charge in [-0.1, -0.05) is 18.2 Å². The number of aromatic nitrogens is 12. The molecule has 0 saturated heterocycles. The predicted octanol–water partition coefficient (Wildman–Crippen LogP) is 15.9. The number of thiazole rings is 4. The van der Waals surface area contributed by atoms with Crippen molar-refractivity contribution in [2.75, 3.05) is 28.4 Å². The molecule has 0 aliphatic carbocycles. The van der Waals surface area contributed by atoms with Crippen molar-refractivity contribution < 1.29 is 27.8 Å². The fourth-order valence-corrected chi connectivity index (χ4v) is 11.0. The minimum atomic E-state index is -4.48. The predicted molar refractivity (Wildman–Crippen MR) is 347 cm³/mol. The van der Waals surface area contributed by atoms with Crippen LogP contribution in [0.3, 0.4) is 0 Å². The summed E-state index contributed by atoms with van der Waals surface area (Å²) in [6.07, 6.45) is 2.15. The highest BCUT2D eigenvalue weighted by Gasteiger charge is 2.31. The van der Waals surface area contributed by atoms with E-state index < -0.39 is 11.7 Å². The van der Waals surface area contributed by atoms with Gasteiger partial charge in [-0.15, -0.1) is 45.3 Å². The topological polar surface area (TPSA) is 249 Å². The Bertz CT molecular complexity index is 4280. The van der Waals surface area contributed by atoms with Crippen LogP contribution < -0.4 is 26.0 Å². The Morgan fingerprint density at radius 2 is 0.831 bits per heavy atom. The van der Waals surface area contributed by atoms with Crippen LogP contribution in [0.4, 0.5) is 59.7 Å². The summed E-state index contributed by atoms with van der Waals surface area (Å²) in [6, 6.07) is 29.2. The lowest BCUT2D eigenvalue weighted by molar-refractivity contribution is -0.137. The fraction of sp³-hybridized carbons (Fsp3) is 0.159. The lowest BCUT2D eigenvalue weighted by Gasteiger charge is -2.12. The molecule has 89 heavy (non-hydrogen) atoms. The summed E-state index contributed by atoms with van der Waals surface area (Å²) in [4.78, 5) is 62.9. The number of alkyl halides is 3. The molecular formula is C63H57F3N16O3S4. The van der Waals surface area contributed by atoms with Crippen molar-refractivity contribution in [3.8, 4) is 51.3 Å². The van der Waals surface area contributed by atoms with Gasteiger partial charge in [0.25, 0.3) is 0 Å². The van der Waals surface area contributed by atoms with Crippen LogP contribution in [0, 0.1) is 41.5 Å². The Hall–Kier alpha value is -9.86. The number of nitrogens with zero attached hydrogens (tertiary/aromatic N) is 12. The number of ether oxygens (including phenoxy) is 1. The van der Waals surface area contributed by atoms with Gasteiger partial charge in [-0.05, 0) is 148 Å². The van der Waals surface area contributed by atoms with E-state index in [1.807, 2.05) is 59.6 Å². The van der Waals surface area contributed by atoms with Gasteiger partial charge in [-0.25, -0.2) is 59.8 Å². The number of Topliss-reactive ketones (excluding diaryl/α,β-unsaturated/α-hetero) is 1. The third kappa shape index (κ3) is 18.6. The molecule has 26 heteroatoms. The molecular weight excluding hydrogens is 1210 g/mol. The van der Waals surface area contributed by atoms with Crippen molar-refractivity contribution in [3.05, 3.63) is 203 Å². The van der Waals surface area contributed by atoms with Crippen LogP contribution in [0.5, 0.6) is 5.75 Å². The first-order chi connectivity index (χ1) is 42.8. The lowest BCUT2D eigenvalue weighted by Crippen LogP contribution is -2.07. The van der Waals surface area contributed by atoms with Gasteiger partial charge in [0.1, 0.15) is 22.1 Å². The molecule has 0 bridgehead atoms. The number of benzene rings is 4. The van der Waals surface area contributed by atoms with Crippen molar-refractivity contribution in [1.82, 2.24) is 59.8 Å². The maximum Gasteiger partial charge on any atom is 0.416 e. The minimum Gasteiger partial charge on any atom is -0.497 e. The average Bonchev–Trinajstić information content (AvgIpc) is 3.27. The van der Waals surface area contributed by atoms with Gasteiger partial charge in [-0.3, -0.25) is 4.79 Å². The number of ketones is 1. The summed E-state index contributed by atoms with van der Waals surface area (Å²) in [7, 11) is 1.30. The van der Waals surface area contributed by atoms with Crippen molar-refractivity contribution in [2.24, 2.45) is 0 Å². The van der Waals surface area contributed by atoms with Gasteiger partial charge in [0.2, 0.25) is 23.8 Å². The van der Waals surface area contributed by atoms with Gasteiger partial charge in [0.15, 0.2) is 10.8 Å². The molecule has 0 radical (unpaired) electrons. The van der Waals surface area contributed by atoms with Crippen molar-refractivity contribution in [1.29, 1.82) is 0 Å². The van der Waals surface area contributed by atoms with E-state index in [2.05, 4.69) is 151 Å². The smallest absolute Gasteiger partial charge is 0.416 e. The zero-order valence-electron chi connectivity index (χ0n) is 49.1. The van der Waals surface area contributed by atoms with Crippen LogP contribution in [-0.4, -0.2) is 77.8 Å². The van der Waals surface area contributed by atoms with E-state index in [0.29, 0.717) is 50.6 Å². The highest BCUT2D eigenvalue weighted by atomic mass is 32.1. The number of hydrogen-bond donors (Lipinski definition) is 5. The molecule has 8 heterocycles. The molecule has 12 aromatic rings. The number of halogens is 3. The van der Waals surface area contributed by atoms with E-state index in [4.69, 9.17) is 9.84 Å². The summed E-state index contributed by atoms with van der Waals surface area (Å²) in [5.74, 6) is 1.83. The van der Waals surface area contributed by atoms with Crippen molar-refractivity contribution in [2.45, 2.75) is 61.2 Å². The molecule has 0 aliphatic rings. The number of aryl methyl sites for hydroxylation is 6. The van der Waals surface area contributed by atoms with Gasteiger partial charge in [0, 0.05) is 82.0 Å². The maximum absolute atomic E-state index is 13.0. The first-order valence-electron chi connectivity index (χ1n) is 27.0. The van der Waals surface area contributed by atoms with Gasteiger partial charge >= 0.3 is 6.18 Å². The van der Waals surface area contributed by atoms with Crippen LogP contribution >= 0.6 is 45.3 Å². The Balaban J connectivity index is 0.000000141. The van der Waals surface area contributed by atoms with Crippen molar-refractivity contribution >= 4 is 97.7 Å². The molecule has 4 aromatic carbocycles. The summed E-state index contributed by atoms with van der Waals surface area (Å²) in [5, 5.41) is 30.2. The fourth-order valence-electron chi connectivity index (χ4n) is 8.59. The first-order valence-corrected chi connectivity index (χ1v) is 30.7. The molecule has 19 nitrogen and oxygen atoms in total. The van der Waals surface area contributed by atoms with E-state index in [1.165, 1.54) is 93.7 Å². The Kier molecular flexibility index (Phi) is 21.2. The number of carbonyl (C=O) groups excluding carboxylic acids is 1. The van der Waals surface area contributed by atoms with E-state index in [0.717, 1.165) is 52.0 Å². The maximum atomic E-state index is 13.0. The van der Waals surface area contributed by atoms with Crippen LogP contribution in [0.2, 0.25) is 0 Å². The van der Waals surface area contributed by atoms with Crippen molar-refractivity contribution in [3.63, 3.8) is 0 Å². The number of carbonyl (C=O) groups is 1. The van der Waals surface area contributed by atoms with E-state index >= 15 is 0 Å². The monoisotopic (exact) mass is 1270 g/mol. The zero-order chi connectivity index (χ0) is 63.0. The molecule has 8 aromatic heterocycles. The second kappa shape index (κ2) is 29.7. The molecule has 0 fully saturated rings. The molecule has 452 valence electrons. The molecule has 5 N–H and O–H groups in total. The summed E-state index contributed by atoms with van der Waals surface area (Å²) in [6.45, 7) is 13.8. The molecule has 0 amide bonds. The van der Waals surface area contributed by atoms with E-state index in [-0.39, 0.29) is 29.8 Å². The van der Waals surface area contributed by atoms with Crippen LogP contribution in [-0.2, 0) is 12.8 Å². The Labute approximate surface area is 526 Å². The molecule has 12 rings (SSSR count). The number of aliphatic hydroxyl groups excluding tert-OH is 1. The molecule has 0 saturated carbocycles. The average molecular weight is 1270 g/mol. The van der Waals surface area contributed by atoms with Crippen LogP contribution in [0.15, 0.2) is 154 Å². The van der Waals surface area contributed by atoms with Crippen LogP contribution in [0.1, 0.15) is 60.7 Å². The van der Waals surface area contributed by atoms with Gasteiger partial charge < -0.3 is 31.1 Å². The second-order valence-corrected chi connectivity index (χ2v) is 23.0. The number of anilines is 8. The lowest BCUT2D eigenvalue weighted by atomic mass is 10.1. The number of nitrogens with one attached hydrogen (secondary N) is 4. The standard InChI is InChI=1S/C17H16N4OS.C16H16N4OS.C15H11F3N4OS.C15H14N4S/c1-10-6-11(2)8-13(7-10)19-17-18-5-4-14(21-17)15-9-23-16(20-15)12(3)22;1-10-5-11(2)7-12(6-10)18-16-17-4-3-13(20-16)14-9-22-15(8-21)19-14;1-23-11-5-9(15(16,17)18)4-10(6-11)21-14-19-3-2-12(22-14)13-7-24-8-20-13;1-10-5-11(2)7-12(6-10)18-15-16-4-3-13(19-15)14-8-20-9-17-14/h4-9H,1-3H3,(H,18,19,21);3-7,9,21H,8H2,1-2H3,(H,17,18,20);2-8H,1H3,(H,19,21,22);3-9H,1-2H3,(H,16,18,19). The SMILES string of the molecule is CC(=O)c1nc(-c2ccnc(Nc3cc(C)cc(C)c3)n2)cs1.COc1cc(Nc2nccc(-c3cscn3)n2)cc(C(F)(F)F)c1.Cc1cc(C)cc(Nc2nccc(-c3csc(CO)n3)n2)c1.Cc1cc(C)cc(Nc2nccc(-c3cscn3)n2)c1. The normalized spacial score (nSPS) is 10.8. The number of rotatable bonds is 15. The molecule has 0 atom stereocenters. The van der Waals surface area contributed by atoms with E-state index in [1.54, 1.807) is 53.1 Å². The van der Waals surface area contributed by atoms with Gasteiger partial charge in [0.05, 0.1) is 64.5 Å². The summed E-state index contributed by atoms with van der Waals surface area (Å²) >= 11 is 5.72. The third-order valence-corrected chi connectivity index (χ3v) is 15.1. The zero-order valence-corrected chi connectivity index (χ0v) is 52.4. The Morgan fingerprint density at radius 3 is 1.16 bits per heavy atom. The molecule has 0 aliphatic heterocycles. The highest BCUT2D eigenvalue weighted by Crippen LogP contribution is 2.35. The number of methoxy groups -OCH3 is 1. The molecule has 0 unspecified atom stereocenters. The summed E-state index contributed by atoms with van der Waals surface area (Å²) in [5.41, 5.74) is 18.7. The number of hydrogen-bond acceptors (Lipinski definition) is 23. The first kappa shape index (κ1) is 63.6. The quantitative estimate of drug-likeness (QED) is 0.0598.